The molecule has 0 saturated heterocycles. The molecule has 1 heteroatoms. The van der Waals surface area contributed by atoms with Crippen LogP contribution < -0.4 is 0 Å². The van der Waals surface area contributed by atoms with Crippen molar-refractivity contribution in [2.75, 3.05) is 0 Å². The SMILES string of the molecule is CCC(C)c1ccc(-c2cccc3c2C=C(c2ccccn2)C3)cc1. The van der Waals surface area contributed by atoms with Crippen molar-refractivity contribution in [3.63, 3.8) is 0 Å². The second-order valence-corrected chi connectivity index (χ2v) is 6.87. The minimum atomic E-state index is 0.617. The van der Waals surface area contributed by atoms with Crippen LogP contribution >= 0.6 is 0 Å². The molecular weight excluding hydrogens is 302 g/mol. The Kier molecular flexibility index (Phi) is 4.23. The molecule has 0 radical (unpaired) electrons. The molecule has 0 spiro atoms. The third kappa shape index (κ3) is 3.02. The average Bonchev–Trinajstić information content (AvgIpc) is 3.12. The summed E-state index contributed by atoms with van der Waals surface area (Å²) in [6.45, 7) is 4.53. The molecule has 25 heavy (non-hydrogen) atoms. The summed E-state index contributed by atoms with van der Waals surface area (Å²) in [7, 11) is 0. The molecule has 1 heterocycles. The summed E-state index contributed by atoms with van der Waals surface area (Å²) >= 11 is 0. The van der Waals surface area contributed by atoms with Crippen LogP contribution in [-0.2, 0) is 6.42 Å². The van der Waals surface area contributed by atoms with Gasteiger partial charge < -0.3 is 0 Å². The van der Waals surface area contributed by atoms with Gasteiger partial charge in [0, 0.05) is 12.6 Å². The van der Waals surface area contributed by atoms with Crippen molar-refractivity contribution in [2.45, 2.75) is 32.6 Å². The monoisotopic (exact) mass is 325 g/mol. The van der Waals surface area contributed by atoms with E-state index >= 15 is 0 Å². The van der Waals surface area contributed by atoms with Gasteiger partial charge >= 0.3 is 0 Å². The van der Waals surface area contributed by atoms with Crippen molar-refractivity contribution in [1.29, 1.82) is 0 Å². The van der Waals surface area contributed by atoms with E-state index in [1.54, 1.807) is 0 Å². The van der Waals surface area contributed by atoms with Gasteiger partial charge in [-0.25, -0.2) is 0 Å². The number of pyridine rings is 1. The zero-order chi connectivity index (χ0) is 17.2. The molecule has 2 aromatic carbocycles. The van der Waals surface area contributed by atoms with Crippen molar-refractivity contribution in [1.82, 2.24) is 4.98 Å². The molecular formula is C24H23N. The molecule has 1 aliphatic carbocycles. The molecule has 1 aliphatic rings. The van der Waals surface area contributed by atoms with Gasteiger partial charge in [0.25, 0.3) is 0 Å². The Morgan fingerprint density at radius 1 is 0.960 bits per heavy atom. The smallest absolute Gasteiger partial charge is 0.0665 e. The van der Waals surface area contributed by atoms with E-state index in [9.17, 15) is 0 Å². The van der Waals surface area contributed by atoms with Crippen molar-refractivity contribution < 1.29 is 0 Å². The highest BCUT2D eigenvalue weighted by Gasteiger charge is 2.18. The fraction of sp³-hybridized carbons (Fsp3) is 0.208. The van der Waals surface area contributed by atoms with E-state index in [2.05, 4.69) is 79.5 Å². The fourth-order valence-corrected chi connectivity index (χ4v) is 3.56. The Hall–Kier alpha value is -2.67. The number of benzene rings is 2. The first kappa shape index (κ1) is 15.8. The standard InChI is InChI=1S/C24H23N/c1-3-17(2)18-10-12-19(13-11-18)22-8-6-7-20-15-21(16-23(20)22)24-9-4-5-14-25-24/h4-14,16-17H,3,15H2,1-2H3. The normalized spacial score (nSPS) is 14.1. The minimum absolute atomic E-state index is 0.617. The quantitative estimate of drug-likeness (QED) is 0.544. The number of nitrogens with zero attached hydrogens (tertiary/aromatic N) is 1. The molecule has 0 bridgehead atoms. The number of rotatable bonds is 4. The predicted molar refractivity (Wildman–Crippen MR) is 106 cm³/mol. The third-order valence-electron chi connectivity index (χ3n) is 5.29. The molecule has 0 aliphatic heterocycles. The molecule has 3 aromatic rings. The molecule has 1 unspecified atom stereocenters. The second kappa shape index (κ2) is 6.68. The molecule has 4 rings (SSSR count). The highest BCUT2D eigenvalue weighted by atomic mass is 14.7. The van der Waals surface area contributed by atoms with Gasteiger partial charge in [-0.1, -0.05) is 62.4 Å². The summed E-state index contributed by atoms with van der Waals surface area (Å²) in [5.41, 5.74) is 9.16. The van der Waals surface area contributed by atoms with Crippen LogP contribution in [0.25, 0.3) is 22.8 Å². The van der Waals surface area contributed by atoms with Crippen LogP contribution in [0.3, 0.4) is 0 Å². The highest BCUT2D eigenvalue weighted by Crippen LogP contribution is 2.37. The summed E-state index contributed by atoms with van der Waals surface area (Å²) in [5.74, 6) is 0.617. The van der Waals surface area contributed by atoms with Crippen molar-refractivity contribution in [3.8, 4) is 11.1 Å². The number of hydrogen-bond acceptors (Lipinski definition) is 1. The molecule has 0 N–H and O–H groups in total. The zero-order valence-corrected chi connectivity index (χ0v) is 14.9. The lowest BCUT2D eigenvalue weighted by Gasteiger charge is -2.11. The van der Waals surface area contributed by atoms with Crippen LogP contribution in [0.2, 0.25) is 0 Å². The first-order chi connectivity index (χ1) is 12.3. The molecule has 1 aromatic heterocycles. The Labute approximate surface area is 150 Å². The van der Waals surface area contributed by atoms with E-state index in [1.807, 2.05) is 12.3 Å². The fourth-order valence-electron chi connectivity index (χ4n) is 3.56. The van der Waals surface area contributed by atoms with Crippen LogP contribution in [0, 0.1) is 0 Å². The minimum Gasteiger partial charge on any atom is -0.257 e. The van der Waals surface area contributed by atoms with Gasteiger partial charge in [-0.05, 0) is 63.9 Å². The van der Waals surface area contributed by atoms with Gasteiger partial charge in [0.05, 0.1) is 5.69 Å². The Morgan fingerprint density at radius 3 is 2.52 bits per heavy atom. The van der Waals surface area contributed by atoms with Gasteiger partial charge in [-0.15, -0.1) is 0 Å². The van der Waals surface area contributed by atoms with Crippen LogP contribution in [0.4, 0.5) is 0 Å². The maximum atomic E-state index is 4.52. The van der Waals surface area contributed by atoms with Crippen molar-refractivity contribution in [2.24, 2.45) is 0 Å². The Morgan fingerprint density at radius 2 is 1.80 bits per heavy atom. The molecule has 1 atom stereocenters. The molecule has 0 amide bonds. The largest absolute Gasteiger partial charge is 0.257 e. The number of aromatic nitrogens is 1. The van der Waals surface area contributed by atoms with E-state index in [0.717, 1.165) is 12.1 Å². The molecule has 1 nitrogen and oxygen atoms in total. The first-order valence-electron chi connectivity index (χ1n) is 9.10. The van der Waals surface area contributed by atoms with E-state index < -0.39 is 0 Å². The molecule has 124 valence electrons. The van der Waals surface area contributed by atoms with Gasteiger partial charge in [0.1, 0.15) is 0 Å². The lowest BCUT2D eigenvalue weighted by molar-refractivity contribution is 0.734. The average molecular weight is 325 g/mol. The summed E-state index contributed by atoms with van der Waals surface area (Å²) in [4.78, 5) is 4.52. The van der Waals surface area contributed by atoms with Crippen LogP contribution in [0.15, 0.2) is 66.9 Å². The molecule has 0 fully saturated rings. The summed E-state index contributed by atoms with van der Waals surface area (Å²) < 4.78 is 0. The summed E-state index contributed by atoms with van der Waals surface area (Å²) in [5, 5.41) is 0. The zero-order valence-electron chi connectivity index (χ0n) is 14.9. The first-order valence-corrected chi connectivity index (χ1v) is 9.10. The van der Waals surface area contributed by atoms with Crippen LogP contribution in [0.1, 0.15) is 48.6 Å². The van der Waals surface area contributed by atoms with Gasteiger partial charge in [-0.2, -0.15) is 0 Å². The lowest BCUT2D eigenvalue weighted by Crippen LogP contribution is -1.92. The summed E-state index contributed by atoms with van der Waals surface area (Å²) in [6, 6.07) is 21.9. The van der Waals surface area contributed by atoms with Crippen molar-refractivity contribution >= 4 is 11.6 Å². The number of fused-ring (bicyclic) bond motifs is 1. The maximum absolute atomic E-state index is 4.52. The summed E-state index contributed by atoms with van der Waals surface area (Å²) in [6.07, 6.45) is 6.32. The second-order valence-electron chi connectivity index (χ2n) is 6.87. The van der Waals surface area contributed by atoms with Crippen LogP contribution in [0.5, 0.6) is 0 Å². The van der Waals surface area contributed by atoms with Crippen LogP contribution in [-0.4, -0.2) is 4.98 Å². The Balaban J connectivity index is 1.72. The maximum Gasteiger partial charge on any atom is 0.0665 e. The van der Waals surface area contributed by atoms with Gasteiger partial charge in [0.15, 0.2) is 0 Å². The van der Waals surface area contributed by atoms with Gasteiger partial charge in [-0.3, -0.25) is 4.98 Å². The highest BCUT2D eigenvalue weighted by molar-refractivity contribution is 5.93. The molecule has 0 saturated carbocycles. The number of allylic oxidation sites excluding steroid dienone is 1. The van der Waals surface area contributed by atoms with E-state index in [0.29, 0.717) is 5.92 Å². The number of hydrogen-bond donors (Lipinski definition) is 0. The van der Waals surface area contributed by atoms with Crippen molar-refractivity contribution in [3.05, 3.63) is 89.2 Å². The van der Waals surface area contributed by atoms with E-state index in [-0.39, 0.29) is 0 Å². The third-order valence-corrected chi connectivity index (χ3v) is 5.29. The predicted octanol–water partition coefficient (Wildman–Crippen LogP) is 6.36. The topological polar surface area (TPSA) is 12.9 Å². The van der Waals surface area contributed by atoms with E-state index in [4.69, 9.17) is 0 Å². The Bertz CT molecular complexity index is 905. The van der Waals surface area contributed by atoms with Gasteiger partial charge in [0.2, 0.25) is 0 Å². The lowest BCUT2D eigenvalue weighted by atomic mass is 9.93. The van der Waals surface area contributed by atoms with E-state index in [1.165, 1.54) is 39.8 Å².